The van der Waals surface area contributed by atoms with E-state index in [1.807, 2.05) is 11.8 Å². The first-order valence-corrected chi connectivity index (χ1v) is 6.23. The first-order chi connectivity index (χ1) is 8.29. The van der Waals surface area contributed by atoms with Gasteiger partial charge in [0.1, 0.15) is 5.82 Å². The molecule has 2 aliphatic rings. The van der Waals surface area contributed by atoms with Crippen LogP contribution in [0.25, 0.3) is 0 Å². The largest absolute Gasteiger partial charge is 0.331 e. The smallest absolute Gasteiger partial charge is 0.293 e. The maximum Gasteiger partial charge on any atom is 0.293 e. The lowest BCUT2D eigenvalue weighted by Crippen LogP contribution is -2.58. The Morgan fingerprint density at radius 2 is 2.24 bits per heavy atom. The molecule has 2 fully saturated rings. The van der Waals surface area contributed by atoms with E-state index >= 15 is 0 Å². The maximum atomic E-state index is 12.2. The normalized spacial score (nSPS) is 20.1. The van der Waals surface area contributed by atoms with Crippen LogP contribution in [0, 0.1) is 0 Å². The Morgan fingerprint density at radius 3 is 2.76 bits per heavy atom. The van der Waals surface area contributed by atoms with E-state index in [1.54, 1.807) is 0 Å². The summed E-state index contributed by atoms with van der Waals surface area (Å²) < 4.78 is 0. The molecule has 2 heterocycles. The number of amides is 1. The second-order valence-electron chi connectivity index (χ2n) is 4.72. The molecule has 0 unspecified atom stereocenters. The van der Waals surface area contributed by atoms with Crippen molar-refractivity contribution in [1.29, 1.82) is 0 Å². The summed E-state index contributed by atoms with van der Waals surface area (Å²) in [5, 5.41) is 10.1. The number of aromatic nitrogens is 3. The van der Waals surface area contributed by atoms with E-state index in [9.17, 15) is 4.79 Å². The molecule has 92 valence electrons. The molecule has 1 saturated carbocycles. The lowest BCUT2D eigenvalue weighted by Gasteiger charge is -2.36. The Bertz CT molecular complexity index is 421. The summed E-state index contributed by atoms with van der Waals surface area (Å²) in [4.78, 5) is 18.4. The molecule has 6 heteroatoms. The van der Waals surface area contributed by atoms with Crippen molar-refractivity contribution in [2.24, 2.45) is 0 Å². The first kappa shape index (κ1) is 10.7. The number of aromatic amines is 1. The molecule has 0 spiro atoms. The molecule has 0 bridgehead atoms. The Labute approximate surface area is 99.8 Å². The molecule has 1 aliphatic carbocycles. The Morgan fingerprint density at radius 1 is 1.47 bits per heavy atom. The third-order valence-electron chi connectivity index (χ3n) is 3.46. The first-order valence-electron chi connectivity index (χ1n) is 6.23. The molecule has 0 radical (unpaired) electrons. The van der Waals surface area contributed by atoms with Crippen LogP contribution in [-0.2, 0) is 0 Å². The van der Waals surface area contributed by atoms with Crippen molar-refractivity contribution in [3.63, 3.8) is 0 Å². The monoisotopic (exact) mass is 235 g/mol. The highest BCUT2D eigenvalue weighted by Crippen LogP contribution is 2.37. The van der Waals surface area contributed by atoms with Gasteiger partial charge in [0.05, 0.1) is 6.04 Å². The second kappa shape index (κ2) is 4.10. The van der Waals surface area contributed by atoms with Crippen molar-refractivity contribution in [3.05, 3.63) is 11.6 Å². The quantitative estimate of drug-likeness (QED) is 0.777. The summed E-state index contributed by atoms with van der Waals surface area (Å²) in [6.07, 6.45) is 2.32. The maximum absolute atomic E-state index is 12.2. The van der Waals surface area contributed by atoms with Crippen LogP contribution in [0.4, 0.5) is 0 Å². The van der Waals surface area contributed by atoms with E-state index in [2.05, 4.69) is 20.5 Å². The minimum Gasteiger partial charge on any atom is -0.331 e. The summed E-state index contributed by atoms with van der Waals surface area (Å²) >= 11 is 0. The predicted molar refractivity (Wildman–Crippen MR) is 61.7 cm³/mol. The van der Waals surface area contributed by atoms with E-state index < -0.39 is 0 Å². The molecule has 1 saturated heterocycles. The van der Waals surface area contributed by atoms with Gasteiger partial charge in [0.25, 0.3) is 5.91 Å². The molecule has 2 N–H and O–H groups in total. The number of hydrogen-bond donors (Lipinski definition) is 2. The Kier molecular flexibility index (Phi) is 2.58. The van der Waals surface area contributed by atoms with Gasteiger partial charge in [-0.2, -0.15) is 0 Å². The summed E-state index contributed by atoms with van der Waals surface area (Å²) in [7, 11) is 0. The molecule has 3 rings (SSSR count). The topological polar surface area (TPSA) is 73.9 Å². The molecule has 0 aromatic carbocycles. The van der Waals surface area contributed by atoms with Crippen LogP contribution >= 0.6 is 0 Å². The van der Waals surface area contributed by atoms with Gasteiger partial charge in [-0.15, -0.1) is 5.10 Å². The number of hydrogen-bond acceptors (Lipinski definition) is 4. The number of carbonyl (C=O) groups is 1. The van der Waals surface area contributed by atoms with Crippen LogP contribution in [0.15, 0.2) is 0 Å². The lowest BCUT2D eigenvalue weighted by atomic mass is 10.1. The van der Waals surface area contributed by atoms with Gasteiger partial charge in [-0.1, -0.05) is 0 Å². The molecule has 17 heavy (non-hydrogen) atoms. The average Bonchev–Trinajstić information content (AvgIpc) is 3.00. The van der Waals surface area contributed by atoms with Crippen molar-refractivity contribution >= 4 is 5.91 Å². The van der Waals surface area contributed by atoms with Crippen LogP contribution in [0.2, 0.25) is 0 Å². The third kappa shape index (κ3) is 1.93. The fourth-order valence-electron chi connectivity index (χ4n) is 2.10. The van der Waals surface area contributed by atoms with Crippen LogP contribution in [0.5, 0.6) is 0 Å². The highest BCUT2D eigenvalue weighted by Gasteiger charge is 2.32. The molecular weight excluding hydrogens is 218 g/mol. The van der Waals surface area contributed by atoms with Crippen molar-refractivity contribution in [2.45, 2.75) is 31.7 Å². The minimum absolute atomic E-state index is 0.0536. The van der Waals surface area contributed by atoms with Gasteiger partial charge in [-0.25, -0.2) is 4.98 Å². The number of likely N-dealkylation sites (N-methyl/N-ethyl adjacent to an activating group) is 1. The number of nitrogens with zero attached hydrogens (tertiary/aromatic N) is 3. The van der Waals surface area contributed by atoms with Crippen molar-refractivity contribution in [2.75, 3.05) is 19.6 Å². The van der Waals surface area contributed by atoms with Crippen molar-refractivity contribution in [3.8, 4) is 0 Å². The highest BCUT2D eigenvalue weighted by molar-refractivity contribution is 5.90. The summed E-state index contributed by atoms with van der Waals surface area (Å²) in [6, 6.07) is 0.301. The molecule has 1 amide bonds. The van der Waals surface area contributed by atoms with Crippen LogP contribution in [-0.4, -0.2) is 51.7 Å². The zero-order chi connectivity index (χ0) is 11.8. The second-order valence-corrected chi connectivity index (χ2v) is 4.72. The SMILES string of the molecule is CCN(C(=O)c1n[nH]c(C2CC2)n1)C1CNC1. The van der Waals surface area contributed by atoms with E-state index in [0.29, 0.717) is 24.3 Å². The van der Waals surface area contributed by atoms with Gasteiger partial charge in [-0.05, 0) is 19.8 Å². The Hall–Kier alpha value is -1.43. The van der Waals surface area contributed by atoms with E-state index in [4.69, 9.17) is 0 Å². The third-order valence-corrected chi connectivity index (χ3v) is 3.46. The zero-order valence-corrected chi connectivity index (χ0v) is 9.94. The van der Waals surface area contributed by atoms with Gasteiger partial charge in [0.15, 0.2) is 0 Å². The van der Waals surface area contributed by atoms with Gasteiger partial charge in [-0.3, -0.25) is 9.89 Å². The molecular formula is C11H17N5O. The number of nitrogens with one attached hydrogen (secondary N) is 2. The lowest BCUT2D eigenvalue weighted by molar-refractivity contribution is 0.0618. The average molecular weight is 235 g/mol. The summed E-state index contributed by atoms with van der Waals surface area (Å²) in [5.41, 5.74) is 0. The Balaban J connectivity index is 1.73. The van der Waals surface area contributed by atoms with Gasteiger partial charge in [0.2, 0.25) is 5.82 Å². The van der Waals surface area contributed by atoms with Crippen molar-refractivity contribution < 1.29 is 4.79 Å². The number of H-pyrrole nitrogens is 1. The molecule has 1 aromatic rings. The number of carbonyl (C=O) groups excluding carboxylic acids is 1. The van der Waals surface area contributed by atoms with Gasteiger partial charge >= 0.3 is 0 Å². The van der Waals surface area contributed by atoms with E-state index in [1.165, 1.54) is 0 Å². The molecule has 0 atom stereocenters. The summed E-state index contributed by atoms with van der Waals surface area (Å²) in [5.74, 6) is 1.64. The predicted octanol–water partition coefficient (Wildman–Crippen LogP) is 0.116. The molecule has 1 aromatic heterocycles. The van der Waals surface area contributed by atoms with Crippen LogP contribution in [0.3, 0.4) is 0 Å². The zero-order valence-electron chi connectivity index (χ0n) is 9.94. The van der Waals surface area contributed by atoms with Crippen molar-refractivity contribution in [1.82, 2.24) is 25.4 Å². The minimum atomic E-state index is -0.0536. The summed E-state index contributed by atoms with van der Waals surface area (Å²) in [6.45, 7) is 4.45. The molecule has 6 nitrogen and oxygen atoms in total. The standard InChI is InChI=1S/C11H17N5O/c1-2-16(8-5-12-6-8)11(17)10-13-9(14-15-10)7-3-4-7/h7-8,12H,2-6H2,1H3,(H,13,14,15). The van der Waals surface area contributed by atoms with Gasteiger partial charge < -0.3 is 10.2 Å². The van der Waals surface area contributed by atoms with E-state index in [0.717, 1.165) is 31.8 Å². The fraction of sp³-hybridized carbons (Fsp3) is 0.727. The van der Waals surface area contributed by atoms with Crippen LogP contribution in [0.1, 0.15) is 42.1 Å². The van der Waals surface area contributed by atoms with Gasteiger partial charge in [0, 0.05) is 25.6 Å². The van der Waals surface area contributed by atoms with Crippen LogP contribution < -0.4 is 5.32 Å². The highest BCUT2D eigenvalue weighted by atomic mass is 16.2. The van der Waals surface area contributed by atoms with E-state index in [-0.39, 0.29) is 5.91 Å². The molecule has 1 aliphatic heterocycles. The number of rotatable bonds is 4. The fourth-order valence-corrected chi connectivity index (χ4v) is 2.10.